The molecule has 0 saturated carbocycles. The van der Waals surface area contributed by atoms with Crippen LogP contribution in [0.25, 0.3) is 0 Å². The lowest BCUT2D eigenvalue weighted by Gasteiger charge is -2.07. The number of unbranched alkanes of at least 4 members (excludes halogenated alkanes) is 12. The first-order valence-corrected chi connectivity index (χ1v) is 12.0. The summed E-state index contributed by atoms with van der Waals surface area (Å²) in [6.07, 6.45) is 16.5. The van der Waals surface area contributed by atoms with Gasteiger partial charge in [0.25, 0.3) is 0 Å². The van der Waals surface area contributed by atoms with Gasteiger partial charge in [-0.15, -0.1) is 0 Å². The summed E-state index contributed by atoms with van der Waals surface area (Å²) in [7, 11) is 0. The van der Waals surface area contributed by atoms with Crippen molar-refractivity contribution in [3.05, 3.63) is 29.6 Å². The highest BCUT2D eigenvalue weighted by Gasteiger charge is 2.14. The quantitative estimate of drug-likeness (QED) is 0.191. The number of pyridine rings is 1. The van der Waals surface area contributed by atoms with Crippen LogP contribution >= 0.6 is 0 Å². The van der Waals surface area contributed by atoms with Crippen molar-refractivity contribution in [1.82, 2.24) is 4.98 Å². The Bertz CT molecular complexity index is 588. The first kappa shape index (κ1) is 26.1. The summed E-state index contributed by atoms with van der Waals surface area (Å²) in [6, 6.07) is 4.77. The fourth-order valence-corrected chi connectivity index (χ4v) is 3.26. The van der Waals surface area contributed by atoms with E-state index in [4.69, 9.17) is 9.47 Å². The molecular weight excluding hydrogens is 378 g/mol. The third-order valence-electron chi connectivity index (χ3n) is 5.13. The molecule has 5 heteroatoms. The molecule has 0 saturated heterocycles. The number of hydrogen-bond acceptors (Lipinski definition) is 5. The molecule has 0 aliphatic rings. The van der Waals surface area contributed by atoms with Gasteiger partial charge in [-0.2, -0.15) is 0 Å². The van der Waals surface area contributed by atoms with Crippen LogP contribution in [0, 0.1) is 0 Å². The minimum Gasteiger partial charge on any atom is -0.461 e. The number of carbonyl (C=O) groups excluding carboxylic acids is 2. The molecule has 1 rings (SSSR count). The Hall–Kier alpha value is -1.91. The van der Waals surface area contributed by atoms with Crippen molar-refractivity contribution in [3.8, 4) is 0 Å². The van der Waals surface area contributed by atoms with E-state index in [0.717, 1.165) is 38.5 Å². The Morgan fingerprint density at radius 1 is 0.633 bits per heavy atom. The molecule has 1 aromatic heterocycles. The molecule has 5 nitrogen and oxygen atoms in total. The van der Waals surface area contributed by atoms with E-state index in [1.165, 1.54) is 51.4 Å². The maximum absolute atomic E-state index is 12.2. The molecular formula is C25H41NO4. The van der Waals surface area contributed by atoms with Gasteiger partial charge in [-0.25, -0.2) is 14.6 Å². The Morgan fingerprint density at radius 3 is 1.43 bits per heavy atom. The second-order valence-corrected chi connectivity index (χ2v) is 7.92. The minimum atomic E-state index is -0.490. The van der Waals surface area contributed by atoms with Gasteiger partial charge in [0.05, 0.1) is 13.2 Å². The summed E-state index contributed by atoms with van der Waals surface area (Å²) in [4.78, 5) is 28.4. The summed E-state index contributed by atoms with van der Waals surface area (Å²) < 4.78 is 10.5. The number of hydrogen-bond donors (Lipinski definition) is 0. The predicted octanol–water partition coefficient (Wildman–Crippen LogP) is 6.90. The topological polar surface area (TPSA) is 65.5 Å². The van der Waals surface area contributed by atoms with Crippen molar-refractivity contribution in [2.45, 2.75) is 104 Å². The van der Waals surface area contributed by atoms with E-state index in [-0.39, 0.29) is 11.4 Å². The molecule has 30 heavy (non-hydrogen) atoms. The molecule has 0 aliphatic heterocycles. The maximum Gasteiger partial charge on any atom is 0.356 e. The van der Waals surface area contributed by atoms with Gasteiger partial charge in [-0.05, 0) is 25.0 Å². The van der Waals surface area contributed by atoms with Gasteiger partial charge in [0.2, 0.25) is 0 Å². The molecule has 0 atom stereocenters. The lowest BCUT2D eigenvalue weighted by Crippen LogP contribution is -2.13. The van der Waals surface area contributed by atoms with Crippen LogP contribution in [0.1, 0.15) is 125 Å². The van der Waals surface area contributed by atoms with Crippen molar-refractivity contribution in [2.75, 3.05) is 13.2 Å². The monoisotopic (exact) mass is 419 g/mol. The van der Waals surface area contributed by atoms with Gasteiger partial charge < -0.3 is 9.47 Å². The zero-order valence-corrected chi connectivity index (χ0v) is 19.1. The van der Waals surface area contributed by atoms with Gasteiger partial charge in [-0.3, -0.25) is 0 Å². The number of ether oxygens (including phenoxy) is 2. The number of rotatable bonds is 18. The van der Waals surface area contributed by atoms with E-state index in [2.05, 4.69) is 18.8 Å². The molecule has 0 amide bonds. The van der Waals surface area contributed by atoms with Gasteiger partial charge in [-0.1, -0.05) is 97.0 Å². The summed E-state index contributed by atoms with van der Waals surface area (Å²) >= 11 is 0. The van der Waals surface area contributed by atoms with Crippen LogP contribution in [0.3, 0.4) is 0 Å². The van der Waals surface area contributed by atoms with Crippen LogP contribution < -0.4 is 0 Å². The Labute approximate surface area is 183 Å². The standard InChI is InChI=1S/C25H41NO4/c1-3-5-7-9-10-11-12-13-14-16-21-30-25(28)23-19-17-18-22(26-23)24(27)29-20-15-8-6-4-2/h17-19H,3-16,20-21H2,1-2H3. The Morgan fingerprint density at radius 2 is 1.00 bits per heavy atom. The van der Waals surface area contributed by atoms with Crippen LogP contribution in [0.5, 0.6) is 0 Å². The zero-order valence-electron chi connectivity index (χ0n) is 19.1. The Balaban J connectivity index is 2.17. The van der Waals surface area contributed by atoms with E-state index >= 15 is 0 Å². The highest BCUT2D eigenvalue weighted by atomic mass is 16.5. The first-order valence-electron chi connectivity index (χ1n) is 12.0. The largest absolute Gasteiger partial charge is 0.461 e. The van der Waals surface area contributed by atoms with E-state index in [9.17, 15) is 9.59 Å². The highest BCUT2D eigenvalue weighted by molar-refractivity contribution is 5.91. The molecule has 170 valence electrons. The summed E-state index contributed by atoms with van der Waals surface area (Å²) in [5.41, 5.74) is 0.307. The predicted molar refractivity (Wildman–Crippen MR) is 121 cm³/mol. The van der Waals surface area contributed by atoms with Crippen LogP contribution in [0.2, 0.25) is 0 Å². The number of aromatic nitrogens is 1. The van der Waals surface area contributed by atoms with Crippen LogP contribution in [-0.4, -0.2) is 30.1 Å². The van der Waals surface area contributed by atoms with E-state index in [0.29, 0.717) is 13.2 Å². The molecule has 0 spiro atoms. The molecule has 0 fully saturated rings. The van der Waals surface area contributed by atoms with Crippen LogP contribution in [0.4, 0.5) is 0 Å². The number of esters is 2. The normalized spacial score (nSPS) is 10.7. The number of carbonyl (C=O) groups is 2. The van der Waals surface area contributed by atoms with Crippen molar-refractivity contribution >= 4 is 11.9 Å². The number of nitrogens with zero attached hydrogens (tertiary/aromatic N) is 1. The van der Waals surface area contributed by atoms with Gasteiger partial charge in [0.1, 0.15) is 11.4 Å². The van der Waals surface area contributed by atoms with Crippen LogP contribution in [0.15, 0.2) is 18.2 Å². The van der Waals surface area contributed by atoms with Crippen molar-refractivity contribution in [2.24, 2.45) is 0 Å². The average Bonchev–Trinajstić information content (AvgIpc) is 2.77. The van der Waals surface area contributed by atoms with Crippen molar-refractivity contribution in [1.29, 1.82) is 0 Å². The molecule has 0 aromatic carbocycles. The van der Waals surface area contributed by atoms with E-state index < -0.39 is 11.9 Å². The van der Waals surface area contributed by atoms with Gasteiger partial charge >= 0.3 is 11.9 Å². The second-order valence-electron chi connectivity index (χ2n) is 7.92. The maximum atomic E-state index is 12.2. The molecule has 0 N–H and O–H groups in total. The fourth-order valence-electron chi connectivity index (χ4n) is 3.26. The van der Waals surface area contributed by atoms with Crippen molar-refractivity contribution < 1.29 is 19.1 Å². The first-order chi connectivity index (χ1) is 14.7. The molecule has 0 unspecified atom stereocenters. The fraction of sp³-hybridized carbons (Fsp3) is 0.720. The lowest BCUT2D eigenvalue weighted by atomic mass is 10.1. The van der Waals surface area contributed by atoms with E-state index in [1.807, 2.05) is 0 Å². The molecule has 1 heterocycles. The van der Waals surface area contributed by atoms with Gasteiger partial charge in [0, 0.05) is 0 Å². The SMILES string of the molecule is CCCCCCCCCCCCOC(=O)c1cccc(C(=O)OCCCCCC)n1. The summed E-state index contributed by atoms with van der Waals surface area (Å²) in [5.74, 6) is -0.973. The zero-order chi connectivity index (χ0) is 21.9. The molecule has 0 bridgehead atoms. The van der Waals surface area contributed by atoms with Crippen LogP contribution in [-0.2, 0) is 9.47 Å². The van der Waals surface area contributed by atoms with Gasteiger partial charge in [0.15, 0.2) is 0 Å². The highest BCUT2D eigenvalue weighted by Crippen LogP contribution is 2.11. The lowest BCUT2D eigenvalue weighted by molar-refractivity contribution is 0.0482. The third kappa shape index (κ3) is 12.6. The third-order valence-corrected chi connectivity index (χ3v) is 5.13. The van der Waals surface area contributed by atoms with E-state index in [1.54, 1.807) is 18.2 Å². The summed E-state index contributed by atoms with van der Waals surface area (Å²) in [5, 5.41) is 0. The minimum absolute atomic E-state index is 0.152. The molecule has 0 aliphatic carbocycles. The average molecular weight is 420 g/mol. The molecule has 1 aromatic rings. The Kier molecular flexibility index (Phi) is 15.6. The molecule has 0 radical (unpaired) electrons. The summed E-state index contributed by atoms with van der Waals surface area (Å²) in [6.45, 7) is 5.15. The van der Waals surface area contributed by atoms with Crippen molar-refractivity contribution in [3.63, 3.8) is 0 Å². The second kappa shape index (κ2) is 17.9. The smallest absolute Gasteiger partial charge is 0.356 e.